The fourth-order valence-corrected chi connectivity index (χ4v) is 0.672. The summed E-state index contributed by atoms with van der Waals surface area (Å²) in [6.45, 7) is 3.18. The molecule has 0 amide bonds. The van der Waals surface area contributed by atoms with Gasteiger partial charge in [0.05, 0.1) is 6.20 Å². The molecule has 0 spiro atoms. The predicted octanol–water partition coefficient (Wildman–Crippen LogP) is 1.12. The van der Waals surface area contributed by atoms with Crippen molar-refractivity contribution in [2.45, 2.75) is 13.8 Å². The number of carbonyl (C=O) groups is 1. The van der Waals surface area contributed by atoms with Crippen molar-refractivity contribution < 1.29 is 9.53 Å². The van der Waals surface area contributed by atoms with Gasteiger partial charge in [0.1, 0.15) is 5.75 Å². The highest BCUT2D eigenvalue weighted by Gasteiger charge is 2.00. The summed E-state index contributed by atoms with van der Waals surface area (Å²) < 4.78 is 4.83. The minimum absolute atomic E-state index is 0.326. The number of nitrogens with zero attached hydrogens (tertiary/aromatic N) is 1. The van der Waals surface area contributed by atoms with Crippen LogP contribution in [0.25, 0.3) is 0 Å². The normalized spacial score (nSPS) is 9.27. The first kappa shape index (κ1) is 7.72. The van der Waals surface area contributed by atoms with Crippen molar-refractivity contribution in [1.29, 1.82) is 0 Å². The summed E-state index contributed by atoms with van der Waals surface area (Å²) in [5.41, 5.74) is 0.832. The lowest BCUT2D eigenvalue weighted by Crippen LogP contribution is -2.02. The molecule has 11 heavy (non-hydrogen) atoms. The van der Waals surface area contributed by atoms with Crippen LogP contribution in [0.15, 0.2) is 12.3 Å². The topological polar surface area (TPSA) is 39.2 Å². The molecule has 57 valence electrons. The van der Waals surface area contributed by atoms with E-state index in [1.54, 1.807) is 6.20 Å². The molecule has 0 aliphatic rings. The fourth-order valence-electron chi connectivity index (χ4n) is 0.672. The molecule has 0 fully saturated rings. The maximum Gasteiger partial charge on any atom is 0.308 e. The molecule has 0 aliphatic carbocycles. The molecule has 0 aromatic carbocycles. The Bertz CT molecular complexity index is 271. The maximum absolute atomic E-state index is 10.5. The van der Waals surface area contributed by atoms with Crippen molar-refractivity contribution in [1.82, 2.24) is 4.98 Å². The van der Waals surface area contributed by atoms with Gasteiger partial charge in [-0.3, -0.25) is 9.78 Å². The van der Waals surface area contributed by atoms with Gasteiger partial charge < -0.3 is 4.74 Å². The molecule has 1 aromatic heterocycles. The van der Waals surface area contributed by atoms with Crippen molar-refractivity contribution >= 4 is 5.97 Å². The largest absolute Gasteiger partial charge is 0.426 e. The van der Waals surface area contributed by atoms with Crippen molar-refractivity contribution in [3.63, 3.8) is 0 Å². The van der Waals surface area contributed by atoms with Crippen LogP contribution >= 0.6 is 0 Å². The van der Waals surface area contributed by atoms with Crippen molar-refractivity contribution in [3.8, 4) is 5.75 Å². The summed E-state index contributed by atoms with van der Waals surface area (Å²) in [5, 5.41) is 0. The summed E-state index contributed by atoms with van der Waals surface area (Å²) >= 11 is 0. The number of pyridine rings is 1. The summed E-state index contributed by atoms with van der Waals surface area (Å²) in [4.78, 5) is 14.2. The van der Waals surface area contributed by atoms with E-state index >= 15 is 0 Å². The molecule has 3 nitrogen and oxygen atoms in total. The Balaban J connectivity index is 2.86. The number of hydrogen-bond acceptors (Lipinski definition) is 3. The van der Waals surface area contributed by atoms with Gasteiger partial charge in [0.25, 0.3) is 0 Å². The monoisotopic (exact) mass is 150 g/mol. The standard InChI is InChI=1S/C8H8NO2/c1-6-5-9-4-3-8(6)11-7(2)10/h3,5H,1-2H3. The Kier molecular flexibility index (Phi) is 2.21. The molecule has 3 heteroatoms. The van der Waals surface area contributed by atoms with Crippen LogP contribution in [-0.4, -0.2) is 11.0 Å². The molecular weight excluding hydrogens is 142 g/mol. The Morgan fingerprint density at radius 3 is 3.00 bits per heavy atom. The van der Waals surface area contributed by atoms with Gasteiger partial charge >= 0.3 is 5.97 Å². The van der Waals surface area contributed by atoms with Crippen molar-refractivity contribution in [2.75, 3.05) is 0 Å². The Morgan fingerprint density at radius 2 is 2.45 bits per heavy atom. The van der Waals surface area contributed by atoms with Crippen LogP contribution in [0, 0.1) is 13.1 Å². The first-order valence-corrected chi connectivity index (χ1v) is 3.21. The van der Waals surface area contributed by atoms with E-state index in [-0.39, 0.29) is 5.97 Å². The van der Waals surface area contributed by atoms with Crippen LogP contribution in [0.2, 0.25) is 0 Å². The smallest absolute Gasteiger partial charge is 0.308 e. The lowest BCUT2D eigenvalue weighted by atomic mass is 10.3. The third-order valence-electron chi connectivity index (χ3n) is 1.17. The van der Waals surface area contributed by atoms with E-state index in [9.17, 15) is 4.79 Å². The number of rotatable bonds is 1. The highest BCUT2D eigenvalue weighted by atomic mass is 16.5. The van der Waals surface area contributed by atoms with E-state index in [2.05, 4.69) is 11.2 Å². The average Bonchev–Trinajstić information content (AvgIpc) is 1.93. The molecule has 0 unspecified atom stereocenters. The van der Waals surface area contributed by atoms with Crippen molar-refractivity contribution in [2.24, 2.45) is 0 Å². The fraction of sp³-hybridized carbons (Fsp3) is 0.250. The lowest BCUT2D eigenvalue weighted by molar-refractivity contribution is -0.131. The Hall–Kier alpha value is -1.38. The Labute approximate surface area is 65.0 Å². The molecule has 1 aromatic rings. The molecule has 0 aliphatic heterocycles. The molecule has 0 atom stereocenters. The summed E-state index contributed by atoms with van der Waals surface area (Å²) in [5.74, 6) is 0.195. The zero-order valence-corrected chi connectivity index (χ0v) is 6.42. The van der Waals surface area contributed by atoms with Crippen LogP contribution in [0.5, 0.6) is 5.75 Å². The van der Waals surface area contributed by atoms with E-state index < -0.39 is 0 Å². The highest BCUT2D eigenvalue weighted by molar-refractivity contribution is 5.69. The van der Waals surface area contributed by atoms with Gasteiger partial charge in [-0.1, -0.05) is 0 Å². The maximum atomic E-state index is 10.5. The van der Waals surface area contributed by atoms with Gasteiger partial charge in [-0.25, -0.2) is 0 Å². The van der Waals surface area contributed by atoms with E-state index in [4.69, 9.17) is 4.74 Å². The summed E-state index contributed by atoms with van der Waals surface area (Å²) in [6, 6.07) is 1.54. The molecule has 0 saturated heterocycles. The van der Waals surface area contributed by atoms with Crippen LogP contribution in [-0.2, 0) is 4.79 Å². The first-order valence-electron chi connectivity index (χ1n) is 3.21. The summed E-state index contributed by atoms with van der Waals surface area (Å²) in [7, 11) is 0. The van der Waals surface area contributed by atoms with Gasteiger partial charge in [0, 0.05) is 24.8 Å². The van der Waals surface area contributed by atoms with Gasteiger partial charge in [-0.15, -0.1) is 0 Å². The van der Waals surface area contributed by atoms with Crippen LogP contribution in [0.4, 0.5) is 0 Å². The molecule has 0 saturated carbocycles. The van der Waals surface area contributed by atoms with Gasteiger partial charge in [0.15, 0.2) is 0 Å². The minimum Gasteiger partial charge on any atom is -0.426 e. The van der Waals surface area contributed by atoms with E-state index in [1.807, 2.05) is 6.92 Å². The average molecular weight is 150 g/mol. The molecule has 0 N–H and O–H groups in total. The second kappa shape index (κ2) is 3.14. The highest BCUT2D eigenvalue weighted by Crippen LogP contribution is 2.13. The first-order chi connectivity index (χ1) is 5.20. The summed E-state index contributed by atoms with van der Waals surface area (Å²) in [6.07, 6.45) is 4.18. The van der Waals surface area contributed by atoms with E-state index in [0.717, 1.165) is 5.56 Å². The van der Waals surface area contributed by atoms with Gasteiger partial charge in [0.2, 0.25) is 0 Å². The number of carbonyl (C=O) groups excluding carboxylic acids is 1. The van der Waals surface area contributed by atoms with Gasteiger partial charge in [-0.05, 0) is 6.92 Å². The number of esters is 1. The zero-order chi connectivity index (χ0) is 8.27. The van der Waals surface area contributed by atoms with Crippen molar-refractivity contribution in [3.05, 3.63) is 24.0 Å². The molecule has 0 bridgehead atoms. The van der Waals surface area contributed by atoms with E-state index in [0.29, 0.717) is 5.75 Å². The minimum atomic E-state index is -0.326. The predicted molar refractivity (Wildman–Crippen MR) is 39.1 cm³/mol. The number of ether oxygens (including phenoxy) is 1. The van der Waals surface area contributed by atoms with Crippen LogP contribution < -0.4 is 4.74 Å². The molecule has 1 rings (SSSR count). The molecular formula is C8H8NO2. The molecule has 1 radical (unpaired) electrons. The number of aryl methyl sites for hydroxylation is 1. The second-order valence-corrected chi connectivity index (χ2v) is 2.17. The van der Waals surface area contributed by atoms with E-state index in [1.165, 1.54) is 13.0 Å². The zero-order valence-electron chi connectivity index (χ0n) is 6.42. The van der Waals surface area contributed by atoms with Gasteiger partial charge in [-0.2, -0.15) is 0 Å². The molecule has 1 heterocycles. The second-order valence-electron chi connectivity index (χ2n) is 2.17. The number of hydrogen-bond donors (Lipinski definition) is 0. The lowest BCUT2D eigenvalue weighted by Gasteiger charge is -2.01. The van der Waals surface area contributed by atoms with Crippen LogP contribution in [0.1, 0.15) is 12.5 Å². The Morgan fingerprint density at radius 1 is 1.73 bits per heavy atom. The third-order valence-corrected chi connectivity index (χ3v) is 1.17. The van der Waals surface area contributed by atoms with Crippen LogP contribution in [0.3, 0.4) is 0 Å². The number of aromatic nitrogens is 1. The quantitative estimate of drug-likeness (QED) is 0.563. The SMILES string of the molecule is CC(=O)Oc1c[c]ncc1C. The third kappa shape index (κ3) is 2.04.